The number of alkyl halides is 3. The SMILES string of the molecule is COc1ccc(S(=O)(=O)N2CCCC(C(=O)Nc3cc(C(F)(F)F)ccc3Cl)C2)cc1. The lowest BCUT2D eigenvalue weighted by atomic mass is 9.98. The first-order chi connectivity index (χ1) is 14.5. The molecule has 0 radical (unpaired) electrons. The number of nitrogens with zero attached hydrogens (tertiary/aromatic N) is 1. The second-order valence-electron chi connectivity index (χ2n) is 7.06. The highest BCUT2D eigenvalue weighted by molar-refractivity contribution is 7.89. The third-order valence-corrected chi connectivity index (χ3v) is 7.21. The lowest BCUT2D eigenvalue weighted by Crippen LogP contribution is -2.43. The lowest BCUT2D eigenvalue weighted by molar-refractivity contribution is -0.137. The Labute approximate surface area is 183 Å². The fourth-order valence-electron chi connectivity index (χ4n) is 3.30. The number of rotatable bonds is 5. The maximum Gasteiger partial charge on any atom is 0.416 e. The molecule has 6 nitrogen and oxygen atoms in total. The maximum atomic E-state index is 12.9. The van der Waals surface area contributed by atoms with Gasteiger partial charge < -0.3 is 10.1 Å². The van der Waals surface area contributed by atoms with Crippen LogP contribution in [0.3, 0.4) is 0 Å². The maximum absolute atomic E-state index is 12.9. The molecular weight excluding hydrogens is 457 g/mol. The standard InChI is InChI=1S/C20H20ClF3N2O4S/c1-30-15-5-7-16(8-6-15)31(28,29)26-10-2-3-13(12-26)19(27)25-18-11-14(20(22,23)24)4-9-17(18)21/h4-9,11,13H,2-3,10,12H2,1H3,(H,25,27). The Morgan fingerprint density at radius 2 is 1.87 bits per heavy atom. The molecule has 1 fully saturated rings. The average Bonchev–Trinajstić information content (AvgIpc) is 2.74. The van der Waals surface area contributed by atoms with Gasteiger partial charge in [-0.1, -0.05) is 11.6 Å². The van der Waals surface area contributed by atoms with E-state index in [0.717, 1.165) is 18.2 Å². The molecule has 2 aromatic carbocycles. The molecule has 1 atom stereocenters. The van der Waals surface area contributed by atoms with Gasteiger partial charge in [-0.15, -0.1) is 0 Å². The molecule has 2 aromatic rings. The molecule has 0 spiro atoms. The van der Waals surface area contributed by atoms with Crippen LogP contribution in [0, 0.1) is 5.92 Å². The zero-order chi connectivity index (χ0) is 22.8. The van der Waals surface area contributed by atoms with Gasteiger partial charge in [-0.05, 0) is 55.3 Å². The summed E-state index contributed by atoms with van der Waals surface area (Å²) in [4.78, 5) is 12.7. The van der Waals surface area contributed by atoms with Crippen molar-refractivity contribution in [2.24, 2.45) is 5.92 Å². The molecule has 1 heterocycles. The number of piperidine rings is 1. The van der Waals surface area contributed by atoms with Crippen molar-refractivity contribution in [1.82, 2.24) is 4.31 Å². The molecule has 0 aliphatic carbocycles. The molecule has 1 aliphatic heterocycles. The Hall–Kier alpha value is -2.30. The number of anilines is 1. The van der Waals surface area contributed by atoms with Crippen LogP contribution in [0.15, 0.2) is 47.4 Å². The first-order valence-corrected chi connectivity index (χ1v) is 11.2. The number of carbonyl (C=O) groups excluding carboxylic acids is 1. The van der Waals surface area contributed by atoms with E-state index >= 15 is 0 Å². The summed E-state index contributed by atoms with van der Waals surface area (Å²) >= 11 is 5.94. The predicted octanol–water partition coefficient (Wildman–Crippen LogP) is 4.41. The summed E-state index contributed by atoms with van der Waals surface area (Å²) in [5.74, 6) is -0.809. The van der Waals surface area contributed by atoms with Crippen molar-refractivity contribution in [3.8, 4) is 5.75 Å². The minimum absolute atomic E-state index is 0.0418. The van der Waals surface area contributed by atoms with Crippen LogP contribution in [0.25, 0.3) is 0 Å². The van der Waals surface area contributed by atoms with Crippen LogP contribution in [0.1, 0.15) is 18.4 Å². The first-order valence-electron chi connectivity index (χ1n) is 9.34. The summed E-state index contributed by atoms with van der Waals surface area (Å²) in [6.07, 6.45) is -3.75. The summed E-state index contributed by atoms with van der Waals surface area (Å²) in [7, 11) is -2.37. The molecule has 3 rings (SSSR count). The van der Waals surface area contributed by atoms with Gasteiger partial charge in [0.15, 0.2) is 0 Å². The number of hydrogen-bond donors (Lipinski definition) is 1. The van der Waals surface area contributed by atoms with Gasteiger partial charge in [-0.3, -0.25) is 4.79 Å². The molecule has 11 heteroatoms. The monoisotopic (exact) mass is 476 g/mol. The zero-order valence-electron chi connectivity index (χ0n) is 16.4. The molecule has 1 saturated heterocycles. The Kier molecular flexibility index (Phi) is 6.82. The molecule has 0 bridgehead atoms. The smallest absolute Gasteiger partial charge is 0.416 e. The van der Waals surface area contributed by atoms with E-state index in [2.05, 4.69) is 5.32 Å². The quantitative estimate of drug-likeness (QED) is 0.693. The normalized spacial score (nSPS) is 17.9. The van der Waals surface area contributed by atoms with Gasteiger partial charge >= 0.3 is 6.18 Å². The molecular formula is C20H20ClF3N2O4S. The van der Waals surface area contributed by atoms with E-state index in [4.69, 9.17) is 16.3 Å². The second kappa shape index (κ2) is 9.05. The lowest BCUT2D eigenvalue weighted by Gasteiger charge is -2.31. The van der Waals surface area contributed by atoms with Gasteiger partial charge in [-0.25, -0.2) is 8.42 Å². The van der Waals surface area contributed by atoms with E-state index in [1.807, 2.05) is 0 Å². The summed E-state index contributed by atoms with van der Waals surface area (Å²) in [6.45, 7) is 0.152. The minimum atomic E-state index is -4.59. The summed E-state index contributed by atoms with van der Waals surface area (Å²) in [6, 6.07) is 8.52. The van der Waals surface area contributed by atoms with Crippen LogP contribution in [-0.2, 0) is 21.0 Å². The fraction of sp³-hybridized carbons (Fsp3) is 0.350. The van der Waals surface area contributed by atoms with Crippen LogP contribution in [0.2, 0.25) is 5.02 Å². The Bertz CT molecular complexity index is 1060. The van der Waals surface area contributed by atoms with E-state index in [-0.39, 0.29) is 28.7 Å². The van der Waals surface area contributed by atoms with Crippen LogP contribution in [0.5, 0.6) is 5.75 Å². The topological polar surface area (TPSA) is 75.7 Å². The predicted molar refractivity (Wildman–Crippen MR) is 110 cm³/mol. The highest BCUT2D eigenvalue weighted by Crippen LogP contribution is 2.34. The highest BCUT2D eigenvalue weighted by atomic mass is 35.5. The average molecular weight is 477 g/mol. The van der Waals surface area contributed by atoms with Crippen molar-refractivity contribution in [3.63, 3.8) is 0 Å². The van der Waals surface area contributed by atoms with Crippen LogP contribution in [0.4, 0.5) is 18.9 Å². The van der Waals surface area contributed by atoms with Gasteiger partial charge in [0.1, 0.15) is 5.75 Å². The van der Waals surface area contributed by atoms with Crippen molar-refractivity contribution in [3.05, 3.63) is 53.1 Å². The third kappa shape index (κ3) is 5.31. The molecule has 0 aromatic heterocycles. The number of hydrogen-bond acceptors (Lipinski definition) is 4. The van der Waals surface area contributed by atoms with Crippen molar-refractivity contribution in [1.29, 1.82) is 0 Å². The Balaban J connectivity index is 1.75. The molecule has 0 saturated carbocycles. The number of methoxy groups -OCH3 is 1. The van der Waals surface area contributed by atoms with Gasteiger partial charge in [-0.2, -0.15) is 17.5 Å². The van der Waals surface area contributed by atoms with E-state index in [0.29, 0.717) is 18.6 Å². The molecule has 1 amide bonds. The van der Waals surface area contributed by atoms with E-state index < -0.39 is 33.6 Å². The summed E-state index contributed by atoms with van der Waals surface area (Å²) in [5.41, 5.74) is -1.11. The Morgan fingerprint density at radius 3 is 2.48 bits per heavy atom. The third-order valence-electron chi connectivity index (χ3n) is 5.00. The number of halogens is 4. The van der Waals surface area contributed by atoms with E-state index in [1.54, 1.807) is 0 Å². The van der Waals surface area contributed by atoms with Gasteiger partial charge in [0.25, 0.3) is 0 Å². The number of nitrogens with one attached hydrogen (secondary N) is 1. The fourth-order valence-corrected chi connectivity index (χ4v) is 4.99. The first kappa shape index (κ1) is 23.4. The van der Waals surface area contributed by atoms with Gasteiger partial charge in [0.2, 0.25) is 15.9 Å². The Morgan fingerprint density at radius 1 is 1.19 bits per heavy atom. The number of sulfonamides is 1. The van der Waals surface area contributed by atoms with Crippen LogP contribution >= 0.6 is 11.6 Å². The van der Waals surface area contributed by atoms with Crippen molar-refractivity contribution >= 4 is 33.2 Å². The van der Waals surface area contributed by atoms with Crippen LogP contribution < -0.4 is 10.1 Å². The highest BCUT2D eigenvalue weighted by Gasteiger charge is 2.34. The van der Waals surface area contributed by atoms with Gasteiger partial charge in [0, 0.05) is 13.1 Å². The van der Waals surface area contributed by atoms with Crippen molar-refractivity contribution in [2.45, 2.75) is 23.9 Å². The molecule has 1 aliphatic rings. The molecule has 1 N–H and O–H groups in total. The van der Waals surface area contributed by atoms with Crippen molar-refractivity contribution < 1.29 is 31.1 Å². The number of carbonyl (C=O) groups is 1. The zero-order valence-corrected chi connectivity index (χ0v) is 18.0. The summed E-state index contributed by atoms with van der Waals surface area (Å²) < 4.78 is 70.9. The van der Waals surface area contributed by atoms with Crippen molar-refractivity contribution in [2.75, 3.05) is 25.5 Å². The summed E-state index contributed by atoms with van der Waals surface area (Å²) in [5, 5.41) is 2.37. The number of amides is 1. The second-order valence-corrected chi connectivity index (χ2v) is 9.40. The molecule has 31 heavy (non-hydrogen) atoms. The largest absolute Gasteiger partial charge is 0.497 e. The molecule has 1 unspecified atom stereocenters. The minimum Gasteiger partial charge on any atom is -0.497 e. The van der Waals surface area contributed by atoms with Gasteiger partial charge in [0.05, 0.1) is 34.2 Å². The number of ether oxygens (including phenoxy) is 1. The van der Waals surface area contributed by atoms with Crippen LogP contribution in [-0.4, -0.2) is 38.8 Å². The molecule has 168 valence electrons. The van der Waals surface area contributed by atoms with E-state index in [1.165, 1.54) is 35.7 Å². The van der Waals surface area contributed by atoms with E-state index in [9.17, 15) is 26.4 Å². The number of benzene rings is 2.